The number of ether oxygens (including phenoxy) is 2. The molecule has 36 heavy (non-hydrogen) atoms. The first-order valence-electron chi connectivity index (χ1n) is 12.0. The average Bonchev–Trinajstić information content (AvgIpc) is 3.53. The van der Waals surface area contributed by atoms with Crippen LogP contribution in [0.5, 0.6) is 11.5 Å². The largest absolute Gasteiger partial charge is 0.493 e. The Hall–Kier alpha value is -3.72. The van der Waals surface area contributed by atoms with Crippen molar-refractivity contribution in [1.29, 1.82) is 0 Å². The van der Waals surface area contributed by atoms with E-state index in [2.05, 4.69) is 15.6 Å². The number of esters is 1. The van der Waals surface area contributed by atoms with Gasteiger partial charge in [-0.2, -0.15) is 0 Å². The van der Waals surface area contributed by atoms with Gasteiger partial charge in [-0.25, -0.2) is 9.78 Å². The molecule has 2 amide bonds. The van der Waals surface area contributed by atoms with Crippen LogP contribution in [0.25, 0.3) is 0 Å². The van der Waals surface area contributed by atoms with Crippen LogP contribution in [0.4, 0.5) is 15.6 Å². The Morgan fingerprint density at radius 2 is 1.75 bits per heavy atom. The molecule has 1 heterocycles. The highest BCUT2D eigenvalue weighted by molar-refractivity contribution is 7.13. The standard InChI is InChI=1S/C27H29N3O5S/c1-17-7-12-24(23(15-17)25(32)19-5-3-4-6-19)29-26(33)30-27-28-20(16-36-27)13-14-34-21-8-10-22(11-9-21)35-18(2)31/h7-12,15-16,19H,3-6,13-14H2,1-2H3,(H2,28,29,30,33). The van der Waals surface area contributed by atoms with Crippen LogP contribution in [-0.2, 0) is 11.2 Å². The van der Waals surface area contributed by atoms with Gasteiger partial charge in [-0.05, 0) is 56.2 Å². The summed E-state index contributed by atoms with van der Waals surface area (Å²) >= 11 is 1.32. The highest BCUT2D eigenvalue weighted by Gasteiger charge is 2.26. The smallest absolute Gasteiger partial charge is 0.325 e. The van der Waals surface area contributed by atoms with Gasteiger partial charge in [-0.3, -0.25) is 14.9 Å². The van der Waals surface area contributed by atoms with Crippen molar-refractivity contribution in [3.8, 4) is 11.5 Å². The molecule has 188 valence electrons. The monoisotopic (exact) mass is 507 g/mol. The number of amides is 2. The molecule has 0 bridgehead atoms. The van der Waals surface area contributed by atoms with Crippen LogP contribution in [0.15, 0.2) is 47.8 Å². The number of rotatable bonds is 9. The summed E-state index contributed by atoms with van der Waals surface area (Å²) in [6.45, 7) is 3.69. The van der Waals surface area contributed by atoms with Gasteiger partial charge in [0.25, 0.3) is 0 Å². The molecule has 3 aromatic rings. The van der Waals surface area contributed by atoms with Gasteiger partial charge in [0.1, 0.15) is 11.5 Å². The molecule has 0 aliphatic heterocycles. The summed E-state index contributed by atoms with van der Waals surface area (Å²) in [5.41, 5.74) is 2.85. The van der Waals surface area contributed by atoms with Crippen LogP contribution < -0.4 is 20.1 Å². The Bertz CT molecular complexity index is 1230. The molecule has 1 saturated carbocycles. The number of Topliss-reactive ketones (excluding diaryl/α,β-unsaturated/α-hetero) is 1. The number of urea groups is 1. The highest BCUT2D eigenvalue weighted by atomic mass is 32.1. The summed E-state index contributed by atoms with van der Waals surface area (Å²) in [5.74, 6) is 0.876. The number of anilines is 2. The first-order valence-corrected chi connectivity index (χ1v) is 12.8. The maximum absolute atomic E-state index is 13.0. The predicted octanol–water partition coefficient (Wildman–Crippen LogP) is 6.02. The Morgan fingerprint density at radius 1 is 1.03 bits per heavy atom. The second-order valence-corrected chi connectivity index (χ2v) is 9.64. The molecule has 2 N–H and O–H groups in total. The van der Waals surface area contributed by atoms with Gasteiger partial charge in [0, 0.05) is 30.2 Å². The minimum atomic E-state index is -0.440. The van der Waals surface area contributed by atoms with Crippen molar-refractivity contribution >= 4 is 39.9 Å². The SMILES string of the molecule is CC(=O)Oc1ccc(OCCc2csc(NC(=O)Nc3ccc(C)cc3C(=O)C3CCCC3)n2)cc1. The Balaban J connectivity index is 1.29. The topological polar surface area (TPSA) is 107 Å². The molecule has 0 spiro atoms. The van der Waals surface area contributed by atoms with E-state index in [9.17, 15) is 14.4 Å². The van der Waals surface area contributed by atoms with Crippen molar-refractivity contribution < 1.29 is 23.9 Å². The molecule has 1 fully saturated rings. The molecule has 0 atom stereocenters. The van der Waals surface area contributed by atoms with E-state index >= 15 is 0 Å². The molecule has 0 saturated heterocycles. The number of ketones is 1. The van der Waals surface area contributed by atoms with Gasteiger partial charge in [0.15, 0.2) is 10.9 Å². The summed E-state index contributed by atoms with van der Waals surface area (Å²) in [4.78, 5) is 41.1. The van der Waals surface area contributed by atoms with Crippen LogP contribution in [0.1, 0.15) is 54.2 Å². The molecule has 0 unspecified atom stereocenters. The molecule has 8 nitrogen and oxygen atoms in total. The fourth-order valence-corrected chi connectivity index (χ4v) is 4.89. The molecule has 1 aliphatic rings. The lowest BCUT2D eigenvalue weighted by atomic mass is 9.94. The number of thiazole rings is 1. The van der Waals surface area contributed by atoms with Crippen molar-refractivity contribution in [3.63, 3.8) is 0 Å². The first kappa shape index (κ1) is 25.4. The van der Waals surface area contributed by atoms with E-state index in [1.165, 1.54) is 18.3 Å². The predicted molar refractivity (Wildman–Crippen MR) is 139 cm³/mol. The quantitative estimate of drug-likeness (QED) is 0.209. The van der Waals surface area contributed by atoms with Crippen LogP contribution in [0.2, 0.25) is 0 Å². The normalized spacial score (nSPS) is 13.3. The zero-order valence-corrected chi connectivity index (χ0v) is 21.2. The minimum Gasteiger partial charge on any atom is -0.493 e. The van der Waals surface area contributed by atoms with Crippen molar-refractivity contribution in [2.75, 3.05) is 17.2 Å². The summed E-state index contributed by atoms with van der Waals surface area (Å²) in [6.07, 6.45) is 4.52. The van der Waals surface area contributed by atoms with E-state index in [0.717, 1.165) is 36.9 Å². The fraction of sp³-hybridized carbons (Fsp3) is 0.333. The number of benzene rings is 2. The number of aryl methyl sites for hydroxylation is 1. The number of nitrogens with zero attached hydrogens (tertiary/aromatic N) is 1. The fourth-order valence-electron chi connectivity index (χ4n) is 4.15. The van der Waals surface area contributed by atoms with Gasteiger partial charge in [0.05, 0.1) is 18.0 Å². The van der Waals surface area contributed by atoms with Crippen LogP contribution in [0.3, 0.4) is 0 Å². The zero-order chi connectivity index (χ0) is 25.5. The zero-order valence-electron chi connectivity index (χ0n) is 20.3. The van der Waals surface area contributed by atoms with Crippen molar-refractivity contribution in [2.45, 2.75) is 46.0 Å². The lowest BCUT2D eigenvalue weighted by molar-refractivity contribution is -0.131. The van der Waals surface area contributed by atoms with E-state index in [-0.39, 0.29) is 17.7 Å². The third-order valence-electron chi connectivity index (χ3n) is 5.90. The van der Waals surface area contributed by atoms with E-state index in [4.69, 9.17) is 9.47 Å². The van der Waals surface area contributed by atoms with E-state index < -0.39 is 6.03 Å². The molecule has 9 heteroatoms. The van der Waals surface area contributed by atoms with Gasteiger partial charge in [-0.1, -0.05) is 24.5 Å². The molecule has 4 rings (SSSR count). The van der Waals surface area contributed by atoms with Crippen LogP contribution in [0, 0.1) is 12.8 Å². The lowest BCUT2D eigenvalue weighted by Gasteiger charge is -2.14. The summed E-state index contributed by atoms with van der Waals surface area (Å²) in [6, 6.07) is 11.9. The van der Waals surface area contributed by atoms with Gasteiger partial charge in [0.2, 0.25) is 0 Å². The lowest BCUT2D eigenvalue weighted by Crippen LogP contribution is -2.22. The summed E-state index contributed by atoms with van der Waals surface area (Å²) in [7, 11) is 0. The average molecular weight is 508 g/mol. The molecular formula is C27H29N3O5S. The van der Waals surface area contributed by atoms with E-state index in [1.54, 1.807) is 30.3 Å². The highest BCUT2D eigenvalue weighted by Crippen LogP contribution is 2.31. The number of aromatic nitrogens is 1. The Morgan fingerprint density at radius 3 is 2.47 bits per heavy atom. The minimum absolute atomic E-state index is 0.0333. The van der Waals surface area contributed by atoms with Crippen LogP contribution >= 0.6 is 11.3 Å². The first-order chi connectivity index (χ1) is 17.4. The van der Waals surface area contributed by atoms with Crippen molar-refractivity contribution in [2.24, 2.45) is 5.92 Å². The second kappa shape index (κ2) is 11.8. The third-order valence-corrected chi connectivity index (χ3v) is 6.71. The summed E-state index contributed by atoms with van der Waals surface area (Å²) < 4.78 is 10.7. The number of hydrogen-bond donors (Lipinski definition) is 2. The van der Waals surface area contributed by atoms with Crippen molar-refractivity contribution in [1.82, 2.24) is 4.98 Å². The number of nitrogens with one attached hydrogen (secondary N) is 2. The molecule has 1 aliphatic carbocycles. The molecular weight excluding hydrogens is 478 g/mol. The summed E-state index contributed by atoms with van der Waals surface area (Å²) in [5, 5.41) is 7.90. The maximum Gasteiger partial charge on any atom is 0.325 e. The van der Waals surface area contributed by atoms with Gasteiger partial charge < -0.3 is 14.8 Å². The molecule has 2 aromatic carbocycles. The van der Waals surface area contributed by atoms with Gasteiger partial charge >= 0.3 is 12.0 Å². The third kappa shape index (κ3) is 6.91. The van der Waals surface area contributed by atoms with Crippen LogP contribution in [-0.4, -0.2) is 29.4 Å². The number of carbonyl (C=O) groups excluding carboxylic acids is 3. The van der Waals surface area contributed by atoms with E-state index in [1.807, 2.05) is 24.4 Å². The Labute approximate surface area is 214 Å². The number of carbonyl (C=O) groups is 3. The number of hydrogen-bond acceptors (Lipinski definition) is 7. The molecule has 1 aromatic heterocycles. The maximum atomic E-state index is 13.0. The van der Waals surface area contributed by atoms with E-state index in [0.29, 0.717) is 40.9 Å². The van der Waals surface area contributed by atoms with Gasteiger partial charge in [-0.15, -0.1) is 11.3 Å². The molecule has 0 radical (unpaired) electrons. The second-order valence-electron chi connectivity index (χ2n) is 8.78. The van der Waals surface area contributed by atoms with Crippen molar-refractivity contribution in [3.05, 3.63) is 64.7 Å². The Kier molecular flexibility index (Phi) is 8.32.